The first-order chi connectivity index (χ1) is 12.8. The number of hydrogen-bond acceptors (Lipinski definition) is 5. The van der Waals surface area contributed by atoms with E-state index in [1.54, 1.807) is 0 Å². The second kappa shape index (κ2) is 7.95. The first-order valence-corrected chi connectivity index (χ1v) is 10.5. The van der Waals surface area contributed by atoms with E-state index in [9.17, 15) is 23.1 Å². The second-order valence-corrected chi connectivity index (χ2v) is 8.84. The Morgan fingerprint density at radius 2 is 1.81 bits per heavy atom. The van der Waals surface area contributed by atoms with Crippen molar-refractivity contribution in [1.82, 2.24) is 9.21 Å². The average molecular weight is 396 g/mol. The van der Waals surface area contributed by atoms with E-state index in [0.717, 1.165) is 0 Å². The van der Waals surface area contributed by atoms with Crippen molar-refractivity contribution < 1.29 is 27.9 Å². The standard InChI is InChI=1S/C18H24N2O6S/c1-13-12-26-11-10-20(13)17(21)14-6-8-19(9-7-14)27(24,25)16-5-3-2-4-15(16)18(22)23/h2-5,13-14H,6-12H2,1H3,(H,22,23). The number of carboxylic acid groups (broad SMARTS) is 1. The number of sulfonamides is 1. The molecule has 2 heterocycles. The Hall–Kier alpha value is -1.97. The first-order valence-electron chi connectivity index (χ1n) is 9.03. The average Bonchev–Trinajstić information content (AvgIpc) is 2.68. The molecule has 8 nitrogen and oxygen atoms in total. The number of hydrogen-bond donors (Lipinski definition) is 1. The van der Waals surface area contributed by atoms with E-state index in [1.807, 2.05) is 11.8 Å². The summed E-state index contributed by atoms with van der Waals surface area (Å²) in [4.78, 5) is 25.7. The number of amides is 1. The largest absolute Gasteiger partial charge is 0.478 e. The van der Waals surface area contributed by atoms with E-state index in [4.69, 9.17) is 4.74 Å². The first kappa shape index (κ1) is 19.8. The van der Waals surface area contributed by atoms with Crippen LogP contribution < -0.4 is 0 Å². The van der Waals surface area contributed by atoms with E-state index < -0.39 is 16.0 Å². The van der Waals surface area contributed by atoms with Gasteiger partial charge in [-0.25, -0.2) is 13.2 Å². The molecule has 0 bridgehead atoms. The van der Waals surface area contributed by atoms with Crippen molar-refractivity contribution in [1.29, 1.82) is 0 Å². The molecule has 2 fully saturated rings. The Bertz CT molecular complexity index is 817. The molecule has 3 rings (SSSR count). The summed E-state index contributed by atoms with van der Waals surface area (Å²) in [5.41, 5.74) is -0.238. The highest BCUT2D eigenvalue weighted by Gasteiger charge is 2.36. The molecule has 1 atom stereocenters. The molecule has 0 spiro atoms. The summed E-state index contributed by atoms with van der Waals surface area (Å²) in [6.07, 6.45) is 0.856. The molecular weight excluding hydrogens is 372 g/mol. The summed E-state index contributed by atoms with van der Waals surface area (Å²) < 4.78 is 32.4. The minimum atomic E-state index is -3.91. The molecule has 2 aliphatic heterocycles. The van der Waals surface area contributed by atoms with E-state index in [-0.39, 0.29) is 41.4 Å². The van der Waals surface area contributed by atoms with Gasteiger partial charge in [-0.3, -0.25) is 4.79 Å². The molecule has 1 aromatic rings. The number of ether oxygens (including phenoxy) is 1. The van der Waals surface area contributed by atoms with Gasteiger partial charge in [0.15, 0.2) is 0 Å². The Morgan fingerprint density at radius 3 is 2.44 bits per heavy atom. The molecule has 2 aliphatic rings. The third-order valence-corrected chi connectivity index (χ3v) is 7.15. The van der Waals surface area contributed by atoms with E-state index in [2.05, 4.69) is 0 Å². The van der Waals surface area contributed by atoms with Crippen molar-refractivity contribution in [3.05, 3.63) is 29.8 Å². The third kappa shape index (κ3) is 3.99. The minimum Gasteiger partial charge on any atom is -0.478 e. The van der Waals surface area contributed by atoms with Crippen molar-refractivity contribution in [2.24, 2.45) is 5.92 Å². The fourth-order valence-corrected chi connectivity index (χ4v) is 5.29. The van der Waals surface area contributed by atoms with Crippen LogP contribution in [0, 0.1) is 5.92 Å². The number of rotatable bonds is 4. The summed E-state index contributed by atoms with van der Waals surface area (Å²) in [6, 6.07) is 5.62. The molecule has 1 N–H and O–H groups in total. The number of aromatic carboxylic acids is 1. The molecule has 9 heteroatoms. The van der Waals surface area contributed by atoms with Gasteiger partial charge in [-0.1, -0.05) is 12.1 Å². The SMILES string of the molecule is CC1COCCN1C(=O)C1CCN(S(=O)(=O)c2ccccc2C(=O)O)CC1. The van der Waals surface area contributed by atoms with Gasteiger partial charge in [-0.2, -0.15) is 4.31 Å². The van der Waals surface area contributed by atoms with Crippen molar-refractivity contribution >= 4 is 21.9 Å². The molecule has 1 amide bonds. The zero-order chi connectivity index (χ0) is 19.6. The Kier molecular flexibility index (Phi) is 5.83. The number of piperidine rings is 1. The Morgan fingerprint density at radius 1 is 1.15 bits per heavy atom. The molecule has 1 unspecified atom stereocenters. The van der Waals surface area contributed by atoms with Gasteiger partial charge in [-0.15, -0.1) is 0 Å². The number of carbonyl (C=O) groups is 2. The molecule has 0 aliphatic carbocycles. The van der Waals surface area contributed by atoms with Crippen LogP contribution >= 0.6 is 0 Å². The predicted molar refractivity (Wildman–Crippen MR) is 96.9 cm³/mol. The van der Waals surface area contributed by atoms with Gasteiger partial charge in [0.2, 0.25) is 15.9 Å². The summed E-state index contributed by atoms with van der Waals surface area (Å²) in [7, 11) is -3.91. The second-order valence-electron chi connectivity index (χ2n) is 6.94. The number of nitrogens with zero attached hydrogens (tertiary/aromatic N) is 2. The highest BCUT2D eigenvalue weighted by Crippen LogP contribution is 2.27. The van der Waals surface area contributed by atoms with E-state index >= 15 is 0 Å². The summed E-state index contributed by atoms with van der Waals surface area (Å²) in [6.45, 7) is 3.95. The molecule has 148 valence electrons. The Balaban J connectivity index is 1.70. The van der Waals surface area contributed by atoms with Crippen LogP contribution in [0.1, 0.15) is 30.1 Å². The van der Waals surface area contributed by atoms with Crippen LogP contribution in [0.5, 0.6) is 0 Å². The van der Waals surface area contributed by atoms with Crippen LogP contribution in [0.4, 0.5) is 0 Å². The summed E-state index contributed by atoms with van der Waals surface area (Å²) in [5.74, 6) is -1.44. The van der Waals surface area contributed by atoms with Gasteiger partial charge < -0.3 is 14.7 Å². The minimum absolute atomic E-state index is 0.0236. The quantitative estimate of drug-likeness (QED) is 0.815. The normalized spacial score (nSPS) is 22.6. The fourth-order valence-electron chi connectivity index (χ4n) is 3.64. The molecule has 0 saturated carbocycles. The zero-order valence-electron chi connectivity index (χ0n) is 15.2. The van der Waals surface area contributed by atoms with Crippen molar-refractivity contribution in [2.45, 2.75) is 30.7 Å². The maximum atomic E-state index is 12.9. The van der Waals surface area contributed by atoms with Gasteiger partial charge in [0.1, 0.15) is 0 Å². The lowest BCUT2D eigenvalue weighted by Gasteiger charge is -2.38. The van der Waals surface area contributed by atoms with Crippen molar-refractivity contribution in [3.63, 3.8) is 0 Å². The highest BCUT2D eigenvalue weighted by atomic mass is 32.2. The molecule has 0 radical (unpaired) electrons. The smallest absolute Gasteiger partial charge is 0.337 e. The van der Waals surface area contributed by atoms with Crippen LogP contribution in [0.15, 0.2) is 29.2 Å². The van der Waals surface area contributed by atoms with Gasteiger partial charge in [0, 0.05) is 25.6 Å². The highest BCUT2D eigenvalue weighted by molar-refractivity contribution is 7.89. The van der Waals surface area contributed by atoms with Crippen LogP contribution in [0.3, 0.4) is 0 Å². The lowest BCUT2D eigenvalue weighted by molar-refractivity contribution is -0.144. The van der Waals surface area contributed by atoms with E-state index in [0.29, 0.717) is 32.6 Å². The maximum Gasteiger partial charge on any atom is 0.337 e. The number of carboxylic acids is 1. The lowest BCUT2D eigenvalue weighted by Crippen LogP contribution is -2.51. The van der Waals surface area contributed by atoms with E-state index in [1.165, 1.54) is 28.6 Å². The number of morpholine rings is 1. The fraction of sp³-hybridized carbons (Fsp3) is 0.556. The number of benzene rings is 1. The molecular formula is C18H24N2O6S. The number of carbonyl (C=O) groups excluding carboxylic acids is 1. The zero-order valence-corrected chi connectivity index (χ0v) is 16.0. The Labute approximate surface area is 158 Å². The van der Waals surface area contributed by atoms with Gasteiger partial charge in [0.25, 0.3) is 0 Å². The topological polar surface area (TPSA) is 104 Å². The monoisotopic (exact) mass is 396 g/mol. The van der Waals surface area contributed by atoms with Crippen LogP contribution in [0.25, 0.3) is 0 Å². The van der Waals surface area contributed by atoms with Crippen LogP contribution in [-0.2, 0) is 19.6 Å². The van der Waals surface area contributed by atoms with Crippen molar-refractivity contribution in [3.8, 4) is 0 Å². The summed E-state index contributed by atoms with van der Waals surface area (Å²) >= 11 is 0. The third-order valence-electron chi connectivity index (χ3n) is 5.19. The molecule has 2 saturated heterocycles. The summed E-state index contributed by atoms with van der Waals surface area (Å²) in [5, 5.41) is 9.27. The maximum absolute atomic E-state index is 12.9. The molecule has 0 aromatic heterocycles. The van der Waals surface area contributed by atoms with Gasteiger partial charge in [-0.05, 0) is 31.9 Å². The van der Waals surface area contributed by atoms with Crippen LogP contribution in [0.2, 0.25) is 0 Å². The lowest BCUT2D eigenvalue weighted by atomic mass is 9.96. The predicted octanol–water partition coefficient (Wildman–Crippen LogP) is 1.03. The van der Waals surface area contributed by atoms with Gasteiger partial charge in [0.05, 0.1) is 29.7 Å². The molecule has 1 aromatic carbocycles. The molecule has 27 heavy (non-hydrogen) atoms. The van der Waals surface area contributed by atoms with Crippen molar-refractivity contribution in [2.75, 3.05) is 32.8 Å². The van der Waals surface area contributed by atoms with Gasteiger partial charge >= 0.3 is 5.97 Å². The van der Waals surface area contributed by atoms with Crippen LogP contribution in [-0.4, -0.2) is 73.5 Å².